The Hall–Kier alpha value is -2.05. The van der Waals surface area contributed by atoms with Crippen molar-refractivity contribution in [2.45, 2.75) is 408 Å². The molecule has 12 atom stereocenters. The van der Waals surface area contributed by atoms with Gasteiger partial charge in [-0.15, -0.1) is 0 Å². The van der Waals surface area contributed by atoms with Crippen molar-refractivity contribution in [1.29, 1.82) is 0 Å². The Morgan fingerprint density at radius 3 is 1.18 bits per heavy atom. The largest absolute Gasteiger partial charge is 0.394 e. The minimum atomic E-state index is -1.78. The number of carbonyl (C=O) groups excluding carboxylic acids is 1. The minimum absolute atomic E-state index is 0.200. The van der Waals surface area contributed by atoms with Gasteiger partial charge in [-0.1, -0.05) is 326 Å². The van der Waals surface area contributed by atoms with Gasteiger partial charge in [0.05, 0.1) is 32.0 Å². The lowest BCUT2D eigenvalue weighted by Gasteiger charge is -2.46. The van der Waals surface area contributed by atoms with Crippen LogP contribution in [0.4, 0.5) is 0 Å². The molecule has 0 aromatic carbocycles. The fourth-order valence-corrected chi connectivity index (χ4v) is 12.6. The first kappa shape index (κ1) is 84.0. The zero-order chi connectivity index (χ0) is 65.2. The summed E-state index contributed by atoms with van der Waals surface area (Å²) in [6.07, 6.45) is 62.8. The molecule has 12 unspecified atom stereocenters. The third kappa shape index (κ3) is 43.8. The number of ether oxygens (including phenoxy) is 4. The van der Waals surface area contributed by atoms with Gasteiger partial charge in [-0.2, -0.15) is 0 Å². The number of allylic oxidation sites excluding steroid dienone is 8. The average molecular weight is 1280 g/mol. The molecular weight excluding hydrogens is 1130 g/mol. The van der Waals surface area contributed by atoms with Crippen LogP contribution in [0.25, 0.3) is 0 Å². The van der Waals surface area contributed by atoms with Crippen molar-refractivity contribution in [3.8, 4) is 0 Å². The molecule has 2 aliphatic rings. The molecule has 0 spiro atoms. The second-order valence-corrected chi connectivity index (χ2v) is 26.8. The van der Waals surface area contributed by atoms with Gasteiger partial charge in [-0.25, -0.2) is 0 Å². The average Bonchev–Trinajstić information content (AvgIpc) is 1.41. The smallest absolute Gasteiger partial charge is 0.220 e. The maximum absolute atomic E-state index is 13.4. The number of unbranched alkanes of at least 4 members (excludes halogenated alkanes) is 42. The molecule has 2 heterocycles. The van der Waals surface area contributed by atoms with Crippen molar-refractivity contribution in [3.05, 3.63) is 48.6 Å². The van der Waals surface area contributed by atoms with E-state index in [-0.39, 0.29) is 12.5 Å². The molecule has 0 bridgehead atoms. The first-order valence-electron chi connectivity index (χ1n) is 37.9. The van der Waals surface area contributed by atoms with E-state index < -0.39 is 86.8 Å². The van der Waals surface area contributed by atoms with Gasteiger partial charge in [-0.05, 0) is 51.4 Å². The summed E-state index contributed by atoms with van der Waals surface area (Å²) < 4.78 is 23.0. The van der Waals surface area contributed by atoms with Gasteiger partial charge >= 0.3 is 0 Å². The maximum atomic E-state index is 13.4. The third-order valence-electron chi connectivity index (χ3n) is 18.6. The number of hydrogen-bond acceptors (Lipinski definition) is 13. The molecule has 0 radical (unpaired) electrons. The van der Waals surface area contributed by atoms with Crippen LogP contribution in [0.3, 0.4) is 0 Å². The summed E-state index contributed by atoms with van der Waals surface area (Å²) >= 11 is 0. The van der Waals surface area contributed by atoms with Crippen LogP contribution < -0.4 is 5.32 Å². The lowest BCUT2D eigenvalue weighted by Crippen LogP contribution is -2.65. The van der Waals surface area contributed by atoms with Crippen molar-refractivity contribution in [2.75, 3.05) is 19.8 Å². The number of carbonyl (C=O) groups is 1. The van der Waals surface area contributed by atoms with E-state index in [0.717, 1.165) is 77.0 Å². The van der Waals surface area contributed by atoms with Crippen molar-refractivity contribution in [1.82, 2.24) is 5.32 Å². The molecule has 0 aromatic heterocycles. The van der Waals surface area contributed by atoms with Crippen LogP contribution in [0.5, 0.6) is 0 Å². The SMILES string of the molecule is CC/C=C\C/C=C\C/C=C\C/C=C\CCCCCCCCCCCCCCCCCCCCCCC(=O)NC(COC1OC(CO)C(OC2OC(CO)C(O)C(O)C2O)C(O)C1O)C(O)CCCCCCCCCCCCCCCCCCCCCCCCC. The standard InChI is InChI=1S/C76H141NO13/c1-3-5-7-9-11-13-15-17-19-21-23-25-27-28-29-30-31-32-33-34-35-36-38-40-42-44-46-48-50-52-54-56-58-60-68(81)77-64(63-87-75-73(86)71(84)74(67(62-79)89-75)90-76-72(85)70(83)69(82)66(61-78)88-76)65(80)59-57-55-53-51-49-47-45-43-41-39-37-26-24-22-20-18-16-14-12-10-8-6-4-2/h5,7,11,13,17,19,23,25,64-67,69-76,78-80,82-86H,3-4,6,8-10,12,14-16,18,20-22,24,26-63H2,1-2H3,(H,77,81)/b7-5-,13-11-,19-17-,25-23-. The van der Waals surface area contributed by atoms with E-state index >= 15 is 0 Å². The van der Waals surface area contributed by atoms with Crippen LogP contribution in [-0.4, -0.2) is 140 Å². The van der Waals surface area contributed by atoms with E-state index in [2.05, 4.69) is 67.8 Å². The summed E-state index contributed by atoms with van der Waals surface area (Å²) in [5, 5.41) is 87.8. The summed E-state index contributed by atoms with van der Waals surface area (Å²) in [5.41, 5.74) is 0. The fourth-order valence-electron chi connectivity index (χ4n) is 12.6. The molecule has 528 valence electrons. The summed E-state index contributed by atoms with van der Waals surface area (Å²) in [6, 6.07) is -0.829. The van der Waals surface area contributed by atoms with Gasteiger partial charge in [0.15, 0.2) is 12.6 Å². The zero-order valence-corrected chi connectivity index (χ0v) is 57.6. The van der Waals surface area contributed by atoms with Gasteiger partial charge in [0.25, 0.3) is 0 Å². The van der Waals surface area contributed by atoms with Crippen molar-refractivity contribution < 1.29 is 64.6 Å². The molecule has 1 amide bonds. The quantitative estimate of drug-likeness (QED) is 0.0204. The highest BCUT2D eigenvalue weighted by atomic mass is 16.7. The predicted molar refractivity (Wildman–Crippen MR) is 369 cm³/mol. The van der Waals surface area contributed by atoms with E-state index in [4.69, 9.17) is 18.9 Å². The highest BCUT2D eigenvalue weighted by molar-refractivity contribution is 5.76. The van der Waals surface area contributed by atoms with E-state index in [9.17, 15) is 45.6 Å². The Labute approximate surface area is 550 Å². The molecule has 2 fully saturated rings. The van der Waals surface area contributed by atoms with E-state index in [1.807, 2.05) is 0 Å². The first-order valence-corrected chi connectivity index (χ1v) is 37.9. The highest BCUT2D eigenvalue weighted by Gasteiger charge is 2.51. The Balaban J connectivity index is 1.61. The number of hydrogen-bond donors (Lipinski definition) is 9. The van der Waals surface area contributed by atoms with Crippen LogP contribution in [-0.2, 0) is 23.7 Å². The van der Waals surface area contributed by atoms with Crippen LogP contribution in [0, 0.1) is 0 Å². The zero-order valence-electron chi connectivity index (χ0n) is 57.6. The molecule has 14 nitrogen and oxygen atoms in total. The molecule has 0 aliphatic carbocycles. The van der Waals surface area contributed by atoms with Crippen LogP contribution in [0.2, 0.25) is 0 Å². The lowest BCUT2D eigenvalue weighted by atomic mass is 9.97. The molecule has 2 rings (SSSR count). The van der Waals surface area contributed by atoms with Gasteiger partial charge in [0, 0.05) is 6.42 Å². The van der Waals surface area contributed by atoms with Crippen LogP contribution in [0.15, 0.2) is 48.6 Å². The van der Waals surface area contributed by atoms with Crippen molar-refractivity contribution in [2.24, 2.45) is 0 Å². The first-order chi connectivity index (χ1) is 44.1. The molecule has 2 aliphatic heterocycles. The fraction of sp³-hybridized carbons (Fsp3) is 0.882. The van der Waals surface area contributed by atoms with E-state index in [0.29, 0.717) is 12.8 Å². The van der Waals surface area contributed by atoms with E-state index in [1.54, 1.807) is 0 Å². The van der Waals surface area contributed by atoms with Gasteiger partial charge in [-0.3, -0.25) is 4.79 Å². The Morgan fingerprint density at radius 1 is 0.411 bits per heavy atom. The molecule has 9 N–H and O–H groups in total. The van der Waals surface area contributed by atoms with Gasteiger partial charge < -0.3 is 65.1 Å². The summed E-state index contributed by atoms with van der Waals surface area (Å²) in [4.78, 5) is 13.4. The summed E-state index contributed by atoms with van der Waals surface area (Å²) in [5.74, 6) is -0.200. The predicted octanol–water partition coefficient (Wildman–Crippen LogP) is 16.2. The lowest BCUT2D eigenvalue weighted by molar-refractivity contribution is -0.359. The maximum Gasteiger partial charge on any atom is 0.220 e. The third-order valence-corrected chi connectivity index (χ3v) is 18.6. The Kier molecular flexibility index (Phi) is 56.6. The monoisotopic (exact) mass is 1280 g/mol. The van der Waals surface area contributed by atoms with Crippen LogP contribution in [0.1, 0.15) is 335 Å². The van der Waals surface area contributed by atoms with Crippen LogP contribution >= 0.6 is 0 Å². The van der Waals surface area contributed by atoms with Gasteiger partial charge in [0.2, 0.25) is 5.91 Å². The minimum Gasteiger partial charge on any atom is -0.394 e. The summed E-state index contributed by atoms with van der Waals surface area (Å²) in [6.45, 7) is 2.80. The van der Waals surface area contributed by atoms with Gasteiger partial charge in [0.1, 0.15) is 48.8 Å². The number of aliphatic hydroxyl groups excluding tert-OH is 8. The number of nitrogens with one attached hydrogen (secondary N) is 1. The van der Waals surface area contributed by atoms with Crippen molar-refractivity contribution in [3.63, 3.8) is 0 Å². The second-order valence-electron chi connectivity index (χ2n) is 26.8. The molecule has 0 saturated carbocycles. The van der Waals surface area contributed by atoms with Crippen molar-refractivity contribution >= 4 is 5.91 Å². The Bertz CT molecular complexity index is 1690. The van der Waals surface area contributed by atoms with E-state index in [1.165, 1.54) is 231 Å². The molecule has 0 aromatic rings. The Morgan fingerprint density at radius 2 is 0.767 bits per heavy atom. The highest BCUT2D eigenvalue weighted by Crippen LogP contribution is 2.30. The number of aliphatic hydroxyl groups is 8. The number of rotatable bonds is 63. The second kappa shape index (κ2) is 60.6. The molecular formula is C76H141NO13. The topological polar surface area (TPSA) is 228 Å². The molecule has 2 saturated heterocycles. The normalized spacial score (nSPS) is 23.1. The molecule has 14 heteroatoms. The number of amides is 1. The summed E-state index contributed by atoms with van der Waals surface area (Å²) in [7, 11) is 0. The molecule has 90 heavy (non-hydrogen) atoms.